The van der Waals surface area contributed by atoms with Crippen molar-refractivity contribution in [3.05, 3.63) is 59.7 Å². The number of para-hydroxylation sites is 2. The van der Waals surface area contributed by atoms with E-state index in [2.05, 4.69) is 10.6 Å². The number of benzene rings is 2. The van der Waals surface area contributed by atoms with E-state index in [1.807, 2.05) is 36.4 Å². The summed E-state index contributed by atoms with van der Waals surface area (Å²) in [6.07, 6.45) is 3.29. The molecule has 1 aliphatic heterocycles. The van der Waals surface area contributed by atoms with Gasteiger partial charge in [0.05, 0.1) is 24.3 Å². The van der Waals surface area contributed by atoms with Crippen LogP contribution in [-0.4, -0.2) is 38.1 Å². The summed E-state index contributed by atoms with van der Waals surface area (Å²) in [5.41, 5.74) is 1.06. The van der Waals surface area contributed by atoms with Gasteiger partial charge in [0.1, 0.15) is 11.5 Å². The average Bonchev–Trinajstić information content (AvgIpc) is 2.72. The Kier molecular flexibility index (Phi) is 7.29. The molecule has 0 radical (unpaired) electrons. The maximum absolute atomic E-state index is 12.4. The molecule has 0 spiro atoms. The molecule has 0 atom stereocenters. The zero-order valence-corrected chi connectivity index (χ0v) is 15.9. The topological polar surface area (TPSA) is 76.7 Å². The molecule has 0 fully saturated rings. The van der Waals surface area contributed by atoms with Crippen molar-refractivity contribution in [2.45, 2.75) is 25.7 Å². The van der Waals surface area contributed by atoms with Gasteiger partial charge in [-0.1, -0.05) is 24.3 Å². The lowest BCUT2D eigenvalue weighted by molar-refractivity contribution is 0.0947. The van der Waals surface area contributed by atoms with Gasteiger partial charge < -0.3 is 20.1 Å². The Morgan fingerprint density at radius 3 is 1.57 bits per heavy atom. The van der Waals surface area contributed by atoms with Crippen LogP contribution in [0.1, 0.15) is 46.4 Å². The van der Waals surface area contributed by atoms with E-state index in [9.17, 15) is 9.59 Å². The van der Waals surface area contributed by atoms with Gasteiger partial charge in [-0.2, -0.15) is 0 Å². The highest BCUT2D eigenvalue weighted by Gasteiger charge is 2.13. The Labute approximate surface area is 165 Å². The van der Waals surface area contributed by atoms with Crippen LogP contribution >= 0.6 is 0 Å². The van der Waals surface area contributed by atoms with Crippen molar-refractivity contribution < 1.29 is 19.1 Å². The second-order valence-electron chi connectivity index (χ2n) is 6.62. The molecule has 0 bridgehead atoms. The molecule has 6 heteroatoms. The quantitative estimate of drug-likeness (QED) is 0.734. The van der Waals surface area contributed by atoms with E-state index in [0.717, 1.165) is 19.3 Å². The van der Waals surface area contributed by atoms with Gasteiger partial charge in [0, 0.05) is 13.1 Å². The molecular weight excluding hydrogens is 356 g/mol. The first-order chi connectivity index (χ1) is 13.8. The molecule has 2 N–H and O–H groups in total. The maximum atomic E-state index is 12.4. The second-order valence-corrected chi connectivity index (χ2v) is 6.62. The van der Waals surface area contributed by atoms with Gasteiger partial charge in [-0.25, -0.2) is 0 Å². The number of amides is 2. The number of nitrogens with one attached hydrogen (secondary N) is 2. The lowest BCUT2D eigenvalue weighted by Gasteiger charge is -2.14. The molecule has 2 aromatic rings. The Morgan fingerprint density at radius 2 is 1.07 bits per heavy atom. The SMILES string of the molecule is O=C1NCCCNC(=O)c2ccccc2OCCCCCOc2ccccc21. The lowest BCUT2D eigenvalue weighted by Crippen LogP contribution is -2.30. The van der Waals surface area contributed by atoms with Crippen LogP contribution in [0.15, 0.2) is 48.5 Å². The predicted molar refractivity (Wildman–Crippen MR) is 107 cm³/mol. The standard InChI is InChI=1S/C22H26N2O4/c25-21-17-9-2-4-11-19(17)27-15-6-1-7-16-28-20-12-5-3-10-18(20)22(26)24-14-8-13-23-21/h2-5,9-12H,1,6-8,13-16H2,(H,23,25)(H,24,26). The average molecular weight is 382 g/mol. The van der Waals surface area contributed by atoms with E-state index in [0.29, 0.717) is 55.4 Å². The molecule has 0 unspecified atom stereocenters. The van der Waals surface area contributed by atoms with Crippen LogP contribution in [-0.2, 0) is 0 Å². The number of carbonyl (C=O) groups excluding carboxylic acids is 2. The van der Waals surface area contributed by atoms with Crippen LogP contribution < -0.4 is 20.1 Å². The summed E-state index contributed by atoms with van der Waals surface area (Å²) >= 11 is 0. The molecule has 0 aromatic heterocycles. The monoisotopic (exact) mass is 382 g/mol. The number of ether oxygens (including phenoxy) is 2. The lowest BCUT2D eigenvalue weighted by atomic mass is 10.1. The summed E-state index contributed by atoms with van der Waals surface area (Å²) in [6.45, 7) is 2.02. The molecule has 0 aliphatic carbocycles. The Hall–Kier alpha value is -3.02. The maximum Gasteiger partial charge on any atom is 0.255 e. The van der Waals surface area contributed by atoms with E-state index in [1.54, 1.807) is 12.1 Å². The normalized spacial score (nSPS) is 16.7. The van der Waals surface area contributed by atoms with Crippen LogP contribution in [0.4, 0.5) is 0 Å². The fourth-order valence-electron chi connectivity index (χ4n) is 2.99. The summed E-state index contributed by atoms with van der Waals surface area (Å²) in [4.78, 5) is 24.9. The van der Waals surface area contributed by atoms with Crippen molar-refractivity contribution in [1.29, 1.82) is 0 Å². The van der Waals surface area contributed by atoms with Gasteiger partial charge in [0.15, 0.2) is 0 Å². The molecule has 3 rings (SSSR count). The summed E-state index contributed by atoms with van der Waals surface area (Å²) < 4.78 is 11.6. The number of rotatable bonds is 0. The predicted octanol–water partition coefficient (Wildman–Crippen LogP) is 3.18. The largest absolute Gasteiger partial charge is 0.493 e. The van der Waals surface area contributed by atoms with Crippen LogP contribution in [0, 0.1) is 0 Å². The van der Waals surface area contributed by atoms with E-state index < -0.39 is 0 Å². The molecule has 148 valence electrons. The van der Waals surface area contributed by atoms with Gasteiger partial charge in [-0.3, -0.25) is 9.59 Å². The van der Waals surface area contributed by atoms with E-state index in [-0.39, 0.29) is 11.8 Å². The molecule has 0 saturated carbocycles. The minimum Gasteiger partial charge on any atom is -0.493 e. The first-order valence-corrected chi connectivity index (χ1v) is 9.76. The van der Waals surface area contributed by atoms with E-state index in [1.165, 1.54) is 0 Å². The van der Waals surface area contributed by atoms with Gasteiger partial charge in [-0.05, 0) is 49.9 Å². The molecule has 6 nitrogen and oxygen atoms in total. The molecule has 1 aliphatic rings. The van der Waals surface area contributed by atoms with Gasteiger partial charge >= 0.3 is 0 Å². The highest BCUT2D eigenvalue weighted by Crippen LogP contribution is 2.20. The summed E-state index contributed by atoms with van der Waals surface area (Å²) in [7, 11) is 0. The van der Waals surface area contributed by atoms with Crippen LogP contribution in [0.2, 0.25) is 0 Å². The minimum absolute atomic E-state index is 0.165. The second kappa shape index (κ2) is 10.3. The van der Waals surface area contributed by atoms with E-state index >= 15 is 0 Å². The van der Waals surface area contributed by atoms with Crippen molar-refractivity contribution in [2.24, 2.45) is 0 Å². The first kappa shape index (κ1) is 19.7. The molecule has 1 heterocycles. The highest BCUT2D eigenvalue weighted by molar-refractivity contribution is 5.97. The van der Waals surface area contributed by atoms with Gasteiger partial charge in [0.25, 0.3) is 11.8 Å². The highest BCUT2D eigenvalue weighted by atomic mass is 16.5. The minimum atomic E-state index is -0.165. The molecule has 28 heavy (non-hydrogen) atoms. The van der Waals surface area contributed by atoms with Crippen molar-refractivity contribution in [1.82, 2.24) is 10.6 Å². The smallest absolute Gasteiger partial charge is 0.255 e. The third kappa shape index (κ3) is 5.49. The summed E-state index contributed by atoms with van der Waals surface area (Å²) in [6, 6.07) is 14.5. The number of hydrogen-bond donors (Lipinski definition) is 2. The number of carbonyl (C=O) groups is 2. The Balaban J connectivity index is 1.66. The third-order valence-corrected chi connectivity index (χ3v) is 4.49. The Bertz CT molecular complexity index is 741. The fraction of sp³-hybridized carbons (Fsp3) is 0.364. The zero-order valence-electron chi connectivity index (χ0n) is 15.9. The number of hydrogen-bond acceptors (Lipinski definition) is 4. The van der Waals surface area contributed by atoms with Crippen molar-refractivity contribution in [3.8, 4) is 11.5 Å². The van der Waals surface area contributed by atoms with Crippen molar-refractivity contribution in [2.75, 3.05) is 26.3 Å². The van der Waals surface area contributed by atoms with Crippen LogP contribution in [0.25, 0.3) is 0 Å². The fourth-order valence-corrected chi connectivity index (χ4v) is 2.99. The van der Waals surface area contributed by atoms with Gasteiger partial charge in [0.2, 0.25) is 0 Å². The summed E-state index contributed by atoms with van der Waals surface area (Å²) in [5, 5.41) is 5.76. The molecule has 2 amide bonds. The number of fused-ring (bicyclic) bond motifs is 2. The van der Waals surface area contributed by atoms with Crippen molar-refractivity contribution >= 4 is 11.8 Å². The van der Waals surface area contributed by atoms with Crippen molar-refractivity contribution in [3.63, 3.8) is 0 Å². The summed E-state index contributed by atoms with van der Waals surface area (Å²) in [5.74, 6) is 0.864. The molecular formula is C22H26N2O4. The Morgan fingerprint density at radius 1 is 0.607 bits per heavy atom. The first-order valence-electron chi connectivity index (χ1n) is 9.76. The third-order valence-electron chi connectivity index (χ3n) is 4.49. The molecule has 0 saturated heterocycles. The van der Waals surface area contributed by atoms with E-state index in [4.69, 9.17) is 9.47 Å². The zero-order chi connectivity index (χ0) is 19.6. The van der Waals surface area contributed by atoms with Crippen LogP contribution in [0.5, 0.6) is 11.5 Å². The van der Waals surface area contributed by atoms with Gasteiger partial charge in [-0.15, -0.1) is 0 Å². The van der Waals surface area contributed by atoms with Crippen LogP contribution in [0.3, 0.4) is 0 Å². The molecule has 2 aromatic carbocycles.